The summed E-state index contributed by atoms with van der Waals surface area (Å²) < 4.78 is 97.0. The molecule has 21 heteroatoms. The standard InChI is InChI=1S/C17H21Br2F3N3O3PS.C15H21BrN3O2PS/c1-23-30(27,28)10-11-8-13(18)15(14(19)9-11)24(16(26)17(20,21)22)6-2-4-12-5-3-7-25(12)29;1-17-23(20,21)9-10-5-13-11(7-12-3-2-4-19(12)22)8-18-15(13)14(16)6-10/h2,4,8-9,12,23H,3,5-7,10,29H2,1H3;5-6,8,12,17-18H,2-4,7,9,22H2,1H3/b4-2-;/t2*12-/m01/s1. The largest absolute Gasteiger partial charge is 0.471 e. The number of rotatable bonds is 12. The third-order valence-electron chi connectivity index (χ3n) is 8.92. The van der Waals surface area contributed by atoms with Crippen molar-refractivity contribution in [1.82, 2.24) is 23.8 Å². The van der Waals surface area contributed by atoms with E-state index in [1.165, 1.54) is 50.7 Å². The molecule has 3 N–H and O–H groups in total. The van der Waals surface area contributed by atoms with Crippen LogP contribution in [0.15, 0.2) is 56.0 Å². The summed E-state index contributed by atoms with van der Waals surface area (Å²) in [5.74, 6) is -2.39. The number of carbonyl (C=O) groups excluding carboxylic acids is 1. The monoisotopic (exact) mass is 1010 g/mol. The lowest BCUT2D eigenvalue weighted by Crippen LogP contribution is -2.42. The number of fused-ring (bicyclic) bond motifs is 1. The highest BCUT2D eigenvalue weighted by atomic mass is 79.9. The molecule has 0 aliphatic carbocycles. The van der Waals surface area contributed by atoms with E-state index < -0.39 is 32.1 Å². The number of halogens is 6. The van der Waals surface area contributed by atoms with Crippen molar-refractivity contribution in [3.05, 3.63) is 72.7 Å². The highest BCUT2D eigenvalue weighted by Gasteiger charge is 2.43. The average Bonchev–Trinajstić information content (AvgIpc) is 3.79. The van der Waals surface area contributed by atoms with Crippen molar-refractivity contribution in [2.45, 2.75) is 61.9 Å². The van der Waals surface area contributed by atoms with E-state index in [2.05, 4.69) is 85.7 Å². The molecule has 3 aromatic rings. The predicted octanol–water partition coefficient (Wildman–Crippen LogP) is 6.74. The van der Waals surface area contributed by atoms with Crippen molar-refractivity contribution >= 4 is 109 Å². The van der Waals surface area contributed by atoms with E-state index in [9.17, 15) is 34.8 Å². The molecule has 2 aromatic carbocycles. The van der Waals surface area contributed by atoms with Crippen molar-refractivity contribution in [3.8, 4) is 0 Å². The van der Waals surface area contributed by atoms with E-state index in [-0.39, 0.29) is 38.7 Å². The second kappa shape index (κ2) is 19.0. The maximum Gasteiger partial charge on any atom is 0.471 e. The van der Waals surface area contributed by atoms with Crippen LogP contribution in [-0.2, 0) is 42.8 Å². The van der Waals surface area contributed by atoms with Crippen LogP contribution in [0.25, 0.3) is 10.9 Å². The number of H-pyrrole nitrogens is 1. The molecule has 4 atom stereocenters. The number of amides is 1. The lowest BCUT2D eigenvalue weighted by Gasteiger charge is -2.26. The quantitative estimate of drug-likeness (QED) is 0.135. The van der Waals surface area contributed by atoms with Gasteiger partial charge in [-0.1, -0.05) is 30.9 Å². The number of benzene rings is 2. The molecule has 11 nitrogen and oxygen atoms in total. The molecule has 294 valence electrons. The molecule has 1 aromatic heterocycles. The number of nitrogens with zero attached hydrogens (tertiary/aromatic N) is 3. The third kappa shape index (κ3) is 12.3. The Morgan fingerprint density at radius 3 is 1.98 bits per heavy atom. The minimum absolute atomic E-state index is 0.0121. The van der Waals surface area contributed by atoms with E-state index in [0.29, 0.717) is 16.5 Å². The summed E-state index contributed by atoms with van der Waals surface area (Å²) >= 11 is 9.93. The van der Waals surface area contributed by atoms with Crippen molar-refractivity contribution in [3.63, 3.8) is 0 Å². The zero-order chi connectivity index (χ0) is 39.3. The molecule has 0 saturated carbocycles. The van der Waals surface area contributed by atoms with Crippen LogP contribution in [0.1, 0.15) is 42.4 Å². The summed E-state index contributed by atoms with van der Waals surface area (Å²) in [6, 6.07) is 7.24. The first kappa shape index (κ1) is 44.7. The summed E-state index contributed by atoms with van der Waals surface area (Å²) in [5.41, 5.74) is 3.37. The van der Waals surface area contributed by atoms with Gasteiger partial charge >= 0.3 is 12.1 Å². The Bertz CT molecular complexity index is 2020. The van der Waals surface area contributed by atoms with E-state index in [4.69, 9.17) is 0 Å². The fourth-order valence-electron chi connectivity index (χ4n) is 6.20. The SMILES string of the molecule is CNS(=O)(=O)Cc1cc(Br)c(N(C/C=C\[C@H]2CCCN2P)C(=O)C(F)(F)F)c(Br)c1.CNS(=O)(=O)Cc1cc(Br)c2[nH]cc(C[C@H]3CCCN3P)c2c1. The highest BCUT2D eigenvalue weighted by Crippen LogP contribution is 2.38. The molecule has 1 amide bonds. The number of aromatic amines is 1. The van der Waals surface area contributed by atoms with Gasteiger partial charge in [-0.25, -0.2) is 26.3 Å². The van der Waals surface area contributed by atoms with Gasteiger partial charge in [0, 0.05) is 56.7 Å². The van der Waals surface area contributed by atoms with Crippen molar-refractivity contribution in [1.29, 1.82) is 0 Å². The first-order valence-electron chi connectivity index (χ1n) is 16.4. The maximum atomic E-state index is 13.2. The van der Waals surface area contributed by atoms with Gasteiger partial charge in [-0.05, 0) is 135 Å². The van der Waals surface area contributed by atoms with Gasteiger partial charge in [-0.3, -0.25) is 19.0 Å². The van der Waals surface area contributed by atoms with Gasteiger partial charge in [0.15, 0.2) is 0 Å². The number of hydrogen-bond donors (Lipinski definition) is 3. The summed E-state index contributed by atoms with van der Waals surface area (Å²) in [5, 5.41) is 1.10. The molecule has 53 heavy (non-hydrogen) atoms. The van der Waals surface area contributed by atoms with Gasteiger partial charge in [0.05, 0.1) is 22.7 Å². The van der Waals surface area contributed by atoms with Gasteiger partial charge in [0.2, 0.25) is 20.0 Å². The van der Waals surface area contributed by atoms with Crippen molar-refractivity contribution in [2.75, 3.05) is 38.6 Å². The summed E-state index contributed by atoms with van der Waals surface area (Å²) in [6.07, 6.45) is 5.56. The van der Waals surface area contributed by atoms with E-state index in [0.717, 1.165) is 53.3 Å². The van der Waals surface area contributed by atoms with Crippen LogP contribution >= 0.6 is 66.6 Å². The average molecular weight is 1010 g/mol. The molecule has 2 unspecified atom stereocenters. The second-order valence-corrected chi connectivity index (χ2v) is 20.4. The number of nitrogens with one attached hydrogen (secondary N) is 3. The number of hydrogen-bond acceptors (Lipinski definition) is 7. The Kier molecular flexibility index (Phi) is 16.0. The van der Waals surface area contributed by atoms with Crippen molar-refractivity contribution < 1.29 is 34.8 Å². The zero-order valence-corrected chi connectivity index (χ0v) is 37.6. The molecule has 5 rings (SSSR count). The molecule has 2 aliphatic rings. The first-order chi connectivity index (χ1) is 24.7. The maximum absolute atomic E-state index is 13.2. The zero-order valence-electron chi connectivity index (χ0n) is 28.9. The van der Waals surface area contributed by atoms with E-state index >= 15 is 0 Å². The van der Waals surface area contributed by atoms with Crippen LogP contribution < -0.4 is 14.3 Å². The fourth-order valence-corrected chi connectivity index (χ4v) is 10.9. The number of anilines is 1. The first-order valence-corrected chi connectivity index (χ1v) is 23.1. The Hall–Kier alpha value is -0.980. The fraction of sp³-hybridized carbons (Fsp3) is 0.469. The van der Waals surface area contributed by atoms with Gasteiger partial charge in [-0.15, -0.1) is 0 Å². The molecule has 2 aliphatic heterocycles. The Balaban J connectivity index is 0.000000244. The second-order valence-electron chi connectivity index (χ2n) is 12.7. The molecule has 2 saturated heterocycles. The van der Waals surface area contributed by atoms with Crippen LogP contribution in [-0.4, -0.2) is 89.1 Å². The van der Waals surface area contributed by atoms with Crippen LogP contribution in [0, 0.1) is 0 Å². The van der Waals surface area contributed by atoms with Crippen molar-refractivity contribution in [2.24, 2.45) is 0 Å². The molecule has 0 spiro atoms. The van der Waals surface area contributed by atoms with E-state index in [1.54, 1.807) is 6.08 Å². The Morgan fingerprint density at radius 1 is 0.925 bits per heavy atom. The lowest BCUT2D eigenvalue weighted by molar-refractivity contribution is -0.170. The molecule has 0 radical (unpaired) electrons. The van der Waals surface area contributed by atoms with Gasteiger partial charge in [-0.2, -0.15) is 13.2 Å². The van der Waals surface area contributed by atoms with Crippen LogP contribution in [0.5, 0.6) is 0 Å². The van der Waals surface area contributed by atoms with Crippen LogP contribution in [0.3, 0.4) is 0 Å². The highest BCUT2D eigenvalue weighted by molar-refractivity contribution is 9.11. The van der Waals surface area contributed by atoms with Gasteiger partial charge in [0.1, 0.15) is 0 Å². The topological polar surface area (TPSA) is 135 Å². The number of sulfonamides is 2. The Labute approximate surface area is 338 Å². The minimum Gasteiger partial charge on any atom is -0.360 e. The summed E-state index contributed by atoms with van der Waals surface area (Å²) in [4.78, 5) is 16.1. The van der Waals surface area contributed by atoms with E-state index in [1.807, 2.05) is 23.0 Å². The Morgan fingerprint density at radius 2 is 1.47 bits per heavy atom. The number of aromatic nitrogens is 1. The van der Waals surface area contributed by atoms with Gasteiger partial charge < -0.3 is 4.98 Å². The smallest absolute Gasteiger partial charge is 0.360 e. The molecule has 0 bridgehead atoms. The van der Waals surface area contributed by atoms with Gasteiger partial charge in [0.25, 0.3) is 0 Å². The third-order valence-corrected chi connectivity index (χ3v) is 14.7. The predicted molar refractivity (Wildman–Crippen MR) is 221 cm³/mol. The molecular weight excluding hydrogens is 971 g/mol. The summed E-state index contributed by atoms with van der Waals surface area (Å²) in [6.45, 7) is 1.70. The van der Waals surface area contributed by atoms with Crippen LogP contribution in [0.2, 0.25) is 0 Å². The molecular formula is C32H42Br3F3N6O5P2S2. The summed E-state index contributed by atoms with van der Waals surface area (Å²) in [7, 11) is 1.25. The lowest BCUT2D eigenvalue weighted by atomic mass is 10.0. The number of alkyl halides is 3. The number of carbonyl (C=O) groups is 1. The molecule has 2 fully saturated rings. The normalized spacial score (nSPS) is 18.9. The van der Waals surface area contributed by atoms with Crippen LogP contribution in [0.4, 0.5) is 18.9 Å². The molecule has 3 heterocycles. The minimum atomic E-state index is -5.07.